The fourth-order valence-electron chi connectivity index (χ4n) is 2.20. The summed E-state index contributed by atoms with van der Waals surface area (Å²) in [7, 11) is 0. The zero-order chi connectivity index (χ0) is 15.4. The molecule has 0 bridgehead atoms. The Bertz CT molecular complexity index is 521. The Morgan fingerprint density at radius 3 is 2.62 bits per heavy atom. The van der Waals surface area contributed by atoms with Crippen LogP contribution < -0.4 is 5.32 Å². The van der Waals surface area contributed by atoms with E-state index < -0.39 is 12.0 Å². The Morgan fingerprint density at radius 1 is 1.43 bits per heavy atom. The van der Waals surface area contributed by atoms with Crippen LogP contribution in [-0.4, -0.2) is 45.4 Å². The number of carbonyl (C=O) groups excluding carboxylic acids is 1. The van der Waals surface area contributed by atoms with Crippen molar-refractivity contribution in [2.45, 2.75) is 29.7 Å². The minimum atomic E-state index is -0.952. The molecule has 0 aromatic heterocycles. The number of anilines is 1. The highest BCUT2D eigenvalue weighted by molar-refractivity contribution is 8.00. The van der Waals surface area contributed by atoms with E-state index in [0.717, 1.165) is 11.3 Å². The van der Waals surface area contributed by atoms with Crippen molar-refractivity contribution < 1.29 is 14.7 Å². The summed E-state index contributed by atoms with van der Waals surface area (Å²) in [6.45, 7) is 1.95. The number of thioether (sulfide) groups is 2. The number of rotatable bonds is 4. The Hall–Kier alpha value is -1.34. The summed E-state index contributed by atoms with van der Waals surface area (Å²) >= 11 is 3.14. The van der Waals surface area contributed by atoms with Gasteiger partial charge in [-0.2, -0.15) is 0 Å². The van der Waals surface area contributed by atoms with Crippen LogP contribution in [0.5, 0.6) is 0 Å². The lowest BCUT2D eigenvalue weighted by molar-refractivity contribution is -0.141. The van der Waals surface area contributed by atoms with Gasteiger partial charge in [-0.3, -0.25) is 4.90 Å². The molecule has 114 valence electrons. The number of aliphatic carboxylic acids is 1. The lowest BCUT2D eigenvalue weighted by atomic mass is 10.2. The highest BCUT2D eigenvalue weighted by Gasteiger charge is 2.40. The van der Waals surface area contributed by atoms with E-state index in [0.29, 0.717) is 11.4 Å². The first-order valence-corrected chi connectivity index (χ1v) is 8.92. The maximum absolute atomic E-state index is 12.4. The van der Waals surface area contributed by atoms with E-state index in [4.69, 9.17) is 0 Å². The number of nitrogens with one attached hydrogen (secondary N) is 1. The first-order valence-electron chi connectivity index (χ1n) is 6.64. The predicted molar refractivity (Wildman–Crippen MR) is 87.0 cm³/mol. The van der Waals surface area contributed by atoms with E-state index in [9.17, 15) is 14.7 Å². The molecule has 0 aliphatic carbocycles. The molecule has 1 aliphatic rings. The minimum Gasteiger partial charge on any atom is -0.480 e. The Morgan fingerprint density at radius 2 is 2.10 bits per heavy atom. The molecule has 2 rings (SSSR count). The van der Waals surface area contributed by atoms with Gasteiger partial charge in [0.1, 0.15) is 6.04 Å². The molecule has 0 saturated carbocycles. The third-order valence-electron chi connectivity index (χ3n) is 3.30. The Kier molecular flexibility index (Phi) is 5.41. The smallest absolute Gasteiger partial charge is 0.327 e. The van der Waals surface area contributed by atoms with E-state index in [1.807, 2.05) is 37.4 Å². The van der Waals surface area contributed by atoms with Crippen LogP contribution >= 0.6 is 23.5 Å². The van der Waals surface area contributed by atoms with Crippen molar-refractivity contribution in [2.75, 3.05) is 17.3 Å². The summed E-state index contributed by atoms with van der Waals surface area (Å²) < 4.78 is 0. The molecule has 0 spiro atoms. The number of benzene rings is 1. The molecule has 1 heterocycles. The number of hydrogen-bond acceptors (Lipinski definition) is 4. The molecule has 5 nitrogen and oxygen atoms in total. The van der Waals surface area contributed by atoms with Crippen molar-refractivity contribution in [3.8, 4) is 0 Å². The van der Waals surface area contributed by atoms with Gasteiger partial charge in [-0.1, -0.05) is 6.92 Å². The average molecular weight is 326 g/mol. The molecule has 0 radical (unpaired) electrons. The van der Waals surface area contributed by atoms with Crippen LogP contribution in [0.3, 0.4) is 0 Å². The molecule has 1 aromatic rings. The average Bonchev–Trinajstić information content (AvgIpc) is 2.92. The van der Waals surface area contributed by atoms with E-state index in [1.54, 1.807) is 11.8 Å². The number of hydrogen-bond donors (Lipinski definition) is 2. The Balaban J connectivity index is 2.10. The van der Waals surface area contributed by atoms with Crippen molar-refractivity contribution in [1.82, 2.24) is 4.90 Å². The molecule has 1 aliphatic heterocycles. The van der Waals surface area contributed by atoms with Crippen LogP contribution in [-0.2, 0) is 4.79 Å². The van der Waals surface area contributed by atoms with Gasteiger partial charge in [-0.25, -0.2) is 9.59 Å². The quantitative estimate of drug-likeness (QED) is 0.832. The topological polar surface area (TPSA) is 69.6 Å². The fraction of sp³-hybridized carbons (Fsp3) is 0.429. The van der Waals surface area contributed by atoms with E-state index >= 15 is 0 Å². The summed E-state index contributed by atoms with van der Waals surface area (Å²) in [4.78, 5) is 26.2. The molecule has 1 saturated heterocycles. The van der Waals surface area contributed by atoms with Crippen molar-refractivity contribution >= 4 is 41.2 Å². The van der Waals surface area contributed by atoms with Crippen molar-refractivity contribution in [3.63, 3.8) is 0 Å². The second kappa shape index (κ2) is 7.09. The highest BCUT2D eigenvalue weighted by Crippen LogP contribution is 2.32. The van der Waals surface area contributed by atoms with Gasteiger partial charge in [0.25, 0.3) is 0 Å². The normalized spacial score (nSPS) is 21.3. The lowest BCUT2D eigenvalue weighted by Crippen LogP contribution is -2.47. The molecule has 7 heteroatoms. The number of urea groups is 1. The molecule has 2 amide bonds. The summed E-state index contributed by atoms with van der Waals surface area (Å²) in [6, 6.07) is 6.38. The monoisotopic (exact) mass is 326 g/mol. The van der Waals surface area contributed by atoms with E-state index in [-0.39, 0.29) is 11.4 Å². The zero-order valence-corrected chi connectivity index (χ0v) is 13.5. The second-order valence-corrected chi connectivity index (χ2v) is 6.71. The number of nitrogens with zero attached hydrogens (tertiary/aromatic N) is 1. The molecule has 2 atom stereocenters. The molecular formula is C14H18N2O3S2. The van der Waals surface area contributed by atoms with E-state index in [2.05, 4.69) is 5.32 Å². The van der Waals surface area contributed by atoms with Crippen LogP contribution in [0.4, 0.5) is 10.5 Å². The SMILES string of the molecule is CCC1SCC(C(=O)O)N1C(=O)Nc1ccc(SC)cc1. The van der Waals surface area contributed by atoms with Crippen LogP contribution in [0, 0.1) is 0 Å². The molecule has 1 aromatic carbocycles. The Labute approximate surface area is 132 Å². The molecule has 2 N–H and O–H groups in total. The fourth-order valence-corrected chi connectivity index (χ4v) is 3.96. The van der Waals surface area contributed by atoms with E-state index in [1.165, 1.54) is 16.7 Å². The summed E-state index contributed by atoms with van der Waals surface area (Å²) in [5.74, 6) is -0.515. The van der Waals surface area contributed by atoms with Crippen molar-refractivity contribution in [3.05, 3.63) is 24.3 Å². The van der Waals surface area contributed by atoms with Gasteiger partial charge in [0.15, 0.2) is 0 Å². The van der Waals surface area contributed by atoms with Gasteiger partial charge in [0.05, 0.1) is 5.37 Å². The standard InChI is InChI=1S/C14H18N2O3S2/c1-3-12-16(11(8-21-12)13(17)18)14(19)15-9-4-6-10(20-2)7-5-9/h4-7,11-12H,3,8H2,1-2H3,(H,15,19)(H,17,18). The largest absolute Gasteiger partial charge is 0.480 e. The van der Waals surface area contributed by atoms with Gasteiger partial charge in [0.2, 0.25) is 0 Å². The number of amides is 2. The van der Waals surface area contributed by atoms with Gasteiger partial charge in [-0.05, 0) is 36.9 Å². The number of carbonyl (C=O) groups is 2. The third-order valence-corrected chi connectivity index (χ3v) is 5.50. The number of carboxylic acids is 1. The molecule has 21 heavy (non-hydrogen) atoms. The van der Waals surface area contributed by atoms with Gasteiger partial charge < -0.3 is 10.4 Å². The molecule has 1 fully saturated rings. The van der Waals surface area contributed by atoms with Crippen LogP contribution in [0.15, 0.2) is 29.2 Å². The van der Waals surface area contributed by atoms with Crippen molar-refractivity contribution in [1.29, 1.82) is 0 Å². The number of carboxylic acid groups (broad SMARTS) is 1. The first-order chi connectivity index (χ1) is 10.1. The van der Waals surface area contributed by atoms with Crippen LogP contribution in [0.1, 0.15) is 13.3 Å². The van der Waals surface area contributed by atoms with Gasteiger partial charge in [-0.15, -0.1) is 23.5 Å². The predicted octanol–water partition coefficient (Wildman–Crippen LogP) is 3.18. The second-order valence-electron chi connectivity index (χ2n) is 4.62. The van der Waals surface area contributed by atoms with Crippen molar-refractivity contribution in [2.24, 2.45) is 0 Å². The summed E-state index contributed by atoms with van der Waals surface area (Å²) in [5.41, 5.74) is 0.675. The maximum atomic E-state index is 12.4. The minimum absolute atomic E-state index is 0.0865. The third kappa shape index (κ3) is 3.65. The van der Waals surface area contributed by atoms with Crippen LogP contribution in [0.25, 0.3) is 0 Å². The zero-order valence-electron chi connectivity index (χ0n) is 11.9. The summed E-state index contributed by atoms with van der Waals surface area (Å²) in [6.07, 6.45) is 2.71. The summed E-state index contributed by atoms with van der Waals surface area (Å²) in [5, 5.41) is 11.9. The van der Waals surface area contributed by atoms with Crippen LogP contribution in [0.2, 0.25) is 0 Å². The maximum Gasteiger partial charge on any atom is 0.327 e. The van der Waals surface area contributed by atoms with Gasteiger partial charge in [0, 0.05) is 16.3 Å². The molecular weight excluding hydrogens is 308 g/mol. The van der Waals surface area contributed by atoms with Gasteiger partial charge >= 0.3 is 12.0 Å². The molecule has 2 unspecified atom stereocenters. The highest BCUT2D eigenvalue weighted by atomic mass is 32.2. The lowest BCUT2D eigenvalue weighted by Gasteiger charge is -2.26. The first kappa shape index (κ1) is 16.0.